The number of halogens is 3. The minimum atomic E-state index is -0.498. The molecule has 2 rings (SSSR count). The monoisotopic (exact) mass is 378 g/mol. The Morgan fingerprint density at radius 3 is 2.94 bits per heavy atom. The van der Waals surface area contributed by atoms with Crippen molar-refractivity contribution < 1.29 is 4.39 Å². The highest BCUT2D eigenvalue weighted by atomic mass is 127. The predicted octanol–water partition coefficient (Wildman–Crippen LogP) is 3.00. The summed E-state index contributed by atoms with van der Waals surface area (Å²) in [6, 6.07) is 4.72. The van der Waals surface area contributed by atoms with Crippen LogP contribution in [0.25, 0.3) is 0 Å². The van der Waals surface area contributed by atoms with Crippen LogP contribution in [0, 0.1) is 16.3 Å². The highest BCUT2D eigenvalue weighted by Gasteiger charge is 2.10. The lowest BCUT2D eigenvalue weighted by Gasteiger charge is -2.08. The maximum Gasteiger partial charge on any atom is 0.267 e. The summed E-state index contributed by atoms with van der Waals surface area (Å²) >= 11 is 7.63. The van der Waals surface area contributed by atoms with E-state index in [1.54, 1.807) is 19.1 Å². The van der Waals surface area contributed by atoms with E-state index in [-0.39, 0.29) is 17.1 Å². The van der Waals surface area contributed by atoms with Gasteiger partial charge in [0.25, 0.3) is 5.56 Å². The van der Waals surface area contributed by atoms with Crippen LogP contribution < -0.4 is 5.56 Å². The van der Waals surface area contributed by atoms with Crippen LogP contribution in [-0.2, 0) is 6.54 Å². The number of hydrogen-bond donors (Lipinski definition) is 0. The SMILES string of the molecule is Cc1ncn(Cc2cccc(Cl)c2F)c(=O)c1I. The van der Waals surface area contributed by atoms with Gasteiger partial charge in [0, 0.05) is 5.56 Å². The number of benzene rings is 1. The second-order valence-electron chi connectivity index (χ2n) is 3.79. The van der Waals surface area contributed by atoms with Gasteiger partial charge in [-0.15, -0.1) is 0 Å². The van der Waals surface area contributed by atoms with E-state index in [0.29, 0.717) is 14.8 Å². The molecule has 0 fully saturated rings. The third-order valence-corrected chi connectivity index (χ3v) is 4.06. The van der Waals surface area contributed by atoms with Crippen molar-refractivity contribution in [1.82, 2.24) is 9.55 Å². The lowest BCUT2D eigenvalue weighted by Crippen LogP contribution is -2.24. The quantitative estimate of drug-likeness (QED) is 0.753. The van der Waals surface area contributed by atoms with E-state index in [0.717, 1.165) is 0 Å². The van der Waals surface area contributed by atoms with Crippen LogP contribution >= 0.6 is 34.2 Å². The first-order chi connectivity index (χ1) is 8.50. The van der Waals surface area contributed by atoms with E-state index < -0.39 is 5.82 Å². The van der Waals surface area contributed by atoms with Gasteiger partial charge in [0.1, 0.15) is 5.82 Å². The van der Waals surface area contributed by atoms with Gasteiger partial charge in [0.15, 0.2) is 0 Å². The van der Waals surface area contributed by atoms with Crippen LogP contribution in [0.15, 0.2) is 29.3 Å². The van der Waals surface area contributed by atoms with E-state index >= 15 is 0 Å². The standard InChI is InChI=1S/C12H9ClFIN2O/c1-7-11(15)12(18)17(6-16-7)5-8-3-2-4-9(13)10(8)14/h2-4,6H,5H2,1H3. The van der Waals surface area contributed by atoms with Gasteiger partial charge in [-0.1, -0.05) is 23.7 Å². The number of nitrogens with zero attached hydrogens (tertiary/aromatic N) is 2. The molecule has 1 aromatic carbocycles. The van der Waals surface area contributed by atoms with Crippen LogP contribution in [0.2, 0.25) is 5.02 Å². The molecule has 0 bridgehead atoms. The van der Waals surface area contributed by atoms with Crippen molar-refractivity contribution in [2.45, 2.75) is 13.5 Å². The fourth-order valence-electron chi connectivity index (χ4n) is 1.51. The molecule has 1 heterocycles. The minimum absolute atomic E-state index is 0.0512. The van der Waals surface area contributed by atoms with Gasteiger partial charge in [-0.2, -0.15) is 0 Å². The Labute approximate surface area is 122 Å². The van der Waals surface area contributed by atoms with E-state index in [9.17, 15) is 9.18 Å². The number of rotatable bonds is 2. The second-order valence-corrected chi connectivity index (χ2v) is 5.28. The summed E-state index contributed by atoms with van der Waals surface area (Å²) in [5.74, 6) is -0.498. The molecule has 0 aliphatic rings. The van der Waals surface area contributed by atoms with Gasteiger partial charge in [-0.3, -0.25) is 9.36 Å². The van der Waals surface area contributed by atoms with Gasteiger partial charge >= 0.3 is 0 Å². The molecule has 2 aromatic rings. The zero-order valence-electron chi connectivity index (χ0n) is 9.45. The van der Waals surface area contributed by atoms with Gasteiger partial charge in [-0.25, -0.2) is 9.37 Å². The molecule has 0 aliphatic carbocycles. The molecule has 0 atom stereocenters. The Morgan fingerprint density at radius 2 is 2.22 bits per heavy atom. The van der Waals surface area contributed by atoms with Crippen molar-refractivity contribution in [3.63, 3.8) is 0 Å². The number of aryl methyl sites for hydroxylation is 1. The summed E-state index contributed by atoms with van der Waals surface area (Å²) in [6.45, 7) is 1.88. The van der Waals surface area contributed by atoms with Crippen LogP contribution in [0.4, 0.5) is 4.39 Å². The second kappa shape index (κ2) is 5.36. The molecule has 0 saturated carbocycles. The average Bonchev–Trinajstić information content (AvgIpc) is 2.35. The molecule has 0 unspecified atom stereocenters. The third kappa shape index (κ3) is 2.56. The first-order valence-corrected chi connectivity index (χ1v) is 6.61. The largest absolute Gasteiger partial charge is 0.294 e. The smallest absolute Gasteiger partial charge is 0.267 e. The lowest BCUT2D eigenvalue weighted by molar-refractivity contribution is 0.593. The summed E-state index contributed by atoms with van der Waals surface area (Å²) in [7, 11) is 0. The van der Waals surface area contributed by atoms with Crippen LogP contribution in [-0.4, -0.2) is 9.55 Å². The summed E-state index contributed by atoms with van der Waals surface area (Å²) < 4.78 is 15.6. The fraction of sp³-hybridized carbons (Fsp3) is 0.167. The molecule has 0 aliphatic heterocycles. The normalized spacial score (nSPS) is 10.7. The Balaban J connectivity index is 2.44. The van der Waals surface area contributed by atoms with Crippen LogP contribution in [0.3, 0.4) is 0 Å². The van der Waals surface area contributed by atoms with Crippen LogP contribution in [0.5, 0.6) is 0 Å². The van der Waals surface area contributed by atoms with Gasteiger partial charge in [-0.05, 0) is 35.6 Å². The Hall–Kier alpha value is -0.950. The molecular formula is C12H9ClFIN2O. The molecule has 0 saturated heterocycles. The van der Waals surface area contributed by atoms with Crippen molar-refractivity contribution in [1.29, 1.82) is 0 Å². The predicted molar refractivity (Wildman–Crippen MR) is 76.5 cm³/mol. The Bertz CT molecular complexity index is 657. The van der Waals surface area contributed by atoms with Crippen molar-refractivity contribution in [3.05, 3.63) is 60.5 Å². The molecule has 18 heavy (non-hydrogen) atoms. The third-order valence-electron chi connectivity index (χ3n) is 2.53. The summed E-state index contributed by atoms with van der Waals surface area (Å²) in [5.41, 5.74) is 0.858. The highest BCUT2D eigenvalue weighted by Crippen LogP contribution is 2.18. The molecule has 3 nitrogen and oxygen atoms in total. The van der Waals surface area contributed by atoms with Crippen LogP contribution in [0.1, 0.15) is 11.3 Å². The molecule has 1 aromatic heterocycles. The van der Waals surface area contributed by atoms with Gasteiger partial charge in [0.2, 0.25) is 0 Å². The molecule has 94 valence electrons. The fourth-order valence-corrected chi connectivity index (χ4v) is 2.16. The van der Waals surface area contributed by atoms with Crippen molar-refractivity contribution >= 4 is 34.2 Å². The Kier molecular flexibility index (Phi) is 4.01. The molecular weight excluding hydrogens is 369 g/mol. The van der Waals surface area contributed by atoms with Crippen molar-refractivity contribution in [2.75, 3.05) is 0 Å². The van der Waals surface area contributed by atoms with E-state index in [4.69, 9.17) is 11.6 Å². The summed E-state index contributed by atoms with van der Waals surface area (Å²) in [4.78, 5) is 16.0. The first kappa shape index (κ1) is 13.5. The first-order valence-electron chi connectivity index (χ1n) is 5.15. The average molecular weight is 379 g/mol. The summed E-state index contributed by atoms with van der Waals surface area (Å²) in [6.07, 6.45) is 1.42. The van der Waals surface area contributed by atoms with E-state index in [1.807, 2.05) is 22.6 Å². The van der Waals surface area contributed by atoms with E-state index in [1.165, 1.54) is 17.0 Å². The molecule has 0 radical (unpaired) electrons. The molecule has 0 amide bonds. The molecule has 6 heteroatoms. The zero-order valence-corrected chi connectivity index (χ0v) is 12.4. The Morgan fingerprint density at radius 1 is 1.50 bits per heavy atom. The van der Waals surface area contributed by atoms with Crippen molar-refractivity contribution in [3.8, 4) is 0 Å². The topological polar surface area (TPSA) is 34.9 Å². The number of aromatic nitrogens is 2. The highest BCUT2D eigenvalue weighted by molar-refractivity contribution is 14.1. The van der Waals surface area contributed by atoms with Gasteiger partial charge in [0.05, 0.1) is 27.2 Å². The summed E-state index contributed by atoms with van der Waals surface area (Å²) in [5, 5.41) is 0.0512. The number of hydrogen-bond acceptors (Lipinski definition) is 2. The van der Waals surface area contributed by atoms with Crippen molar-refractivity contribution in [2.24, 2.45) is 0 Å². The van der Waals surface area contributed by atoms with Gasteiger partial charge < -0.3 is 0 Å². The zero-order chi connectivity index (χ0) is 13.3. The van der Waals surface area contributed by atoms with E-state index in [2.05, 4.69) is 4.98 Å². The maximum absolute atomic E-state index is 13.7. The maximum atomic E-state index is 13.7. The minimum Gasteiger partial charge on any atom is -0.294 e. The molecule has 0 spiro atoms. The molecule has 0 N–H and O–H groups in total. The lowest BCUT2D eigenvalue weighted by atomic mass is 10.2.